The molecule has 0 aliphatic heterocycles. The summed E-state index contributed by atoms with van der Waals surface area (Å²) in [6.07, 6.45) is 0. The fourth-order valence-corrected chi connectivity index (χ4v) is 2.00. The number of benzene rings is 1. The monoisotopic (exact) mass is 287 g/mol. The van der Waals surface area contributed by atoms with Crippen molar-refractivity contribution in [3.63, 3.8) is 0 Å². The lowest BCUT2D eigenvalue weighted by molar-refractivity contribution is 0.0474. The average Bonchev–Trinajstić information content (AvgIpc) is 2.46. The number of hydrogen-bond donors (Lipinski definition) is 0. The van der Waals surface area contributed by atoms with Crippen LogP contribution in [0.1, 0.15) is 40.3 Å². The molecule has 110 valence electrons. The maximum absolute atomic E-state index is 12.0. The Balaban J connectivity index is 2.62. The van der Waals surface area contributed by atoms with Crippen molar-refractivity contribution >= 4 is 22.8 Å². The maximum Gasteiger partial charge on any atom is 0.357 e. The van der Waals surface area contributed by atoms with E-state index < -0.39 is 11.9 Å². The number of nitrogens with zero attached hydrogens (tertiary/aromatic N) is 1. The van der Waals surface area contributed by atoms with E-state index in [1.807, 2.05) is 25.1 Å². The summed E-state index contributed by atoms with van der Waals surface area (Å²) in [5.74, 6) is -1.19. The van der Waals surface area contributed by atoms with E-state index in [0.29, 0.717) is 5.52 Å². The molecule has 0 N–H and O–H groups in total. The summed E-state index contributed by atoms with van der Waals surface area (Å²) in [5.41, 5.74) is 1.79. The van der Waals surface area contributed by atoms with Crippen LogP contribution >= 0.6 is 0 Å². The molecule has 0 saturated carbocycles. The molecule has 1 aromatic carbocycles. The minimum atomic E-state index is -0.621. The van der Waals surface area contributed by atoms with Crippen molar-refractivity contribution in [1.82, 2.24) is 4.98 Å². The number of ether oxygens (including phenoxy) is 2. The second-order valence-corrected chi connectivity index (χ2v) is 4.52. The summed E-state index contributed by atoms with van der Waals surface area (Å²) in [5, 5.41) is 0.775. The highest BCUT2D eigenvalue weighted by atomic mass is 16.5. The molecule has 0 bridgehead atoms. The summed E-state index contributed by atoms with van der Waals surface area (Å²) < 4.78 is 9.95. The molecule has 5 nitrogen and oxygen atoms in total. The van der Waals surface area contributed by atoms with Gasteiger partial charge in [-0.1, -0.05) is 12.1 Å². The molecule has 0 radical (unpaired) electrons. The molecule has 0 aliphatic rings. The maximum atomic E-state index is 12.0. The van der Waals surface area contributed by atoms with Gasteiger partial charge in [0.15, 0.2) is 5.69 Å². The first-order valence-corrected chi connectivity index (χ1v) is 6.82. The molecule has 0 atom stereocenters. The van der Waals surface area contributed by atoms with Crippen molar-refractivity contribution in [3.8, 4) is 0 Å². The predicted octanol–water partition coefficient (Wildman–Crippen LogP) is 2.90. The van der Waals surface area contributed by atoms with E-state index >= 15 is 0 Å². The molecule has 5 heteroatoms. The summed E-state index contributed by atoms with van der Waals surface area (Å²) in [4.78, 5) is 28.3. The van der Waals surface area contributed by atoms with Gasteiger partial charge in [0.25, 0.3) is 0 Å². The Hall–Kier alpha value is -2.43. The highest BCUT2D eigenvalue weighted by Crippen LogP contribution is 2.20. The van der Waals surface area contributed by atoms with Crippen molar-refractivity contribution in [1.29, 1.82) is 0 Å². The van der Waals surface area contributed by atoms with Crippen LogP contribution in [0, 0.1) is 6.92 Å². The molecule has 0 aliphatic carbocycles. The standard InChI is InChI=1S/C16H17NO4/c1-4-20-15(18)12-9-11-7-6-10(3)8-13(11)17-14(12)16(19)21-5-2/h6-9H,4-5H2,1-3H3. The topological polar surface area (TPSA) is 65.5 Å². The quantitative estimate of drug-likeness (QED) is 0.809. The summed E-state index contributed by atoms with van der Waals surface area (Å²) in [6, 6.07) is 7.25. The molecule has 0 amide bonds. The minimum Gasteiger partial charge on any atom is -0.462 e. The molecule has 2 aromatic rings. The number of fused-ring (bicyclic) bond motifs is 1. The van der Waals surface area contributed by atoms with Gasteiger partial charge < -0.3 is 9.47 Å². The Labute approximate surface area is 122 Å². The lowest BCUT2D eigenvalue weighted by Gasteiger charge is -2.09. The third kappa shape index (κ3) is 3.18. The Morgan fingerprint density at radius 2 is 1.71 bits per heavy atom. The van der Waals surface area contributed by atoms with E-state index in [2.05, 4.69) is 4.98 Å². The van der Waals surface area contributed by atoms with Crippen LogP contribution in [-0.2, 0) is 9.47 Å². The van der Waals surface area contributed by atoms with Gasteiger partial charge in [-0.2, -0.15) is 0 Å². The van der Waals surface area contributed by atoms with E-state index in [1.54, 1.807) is 19.9 Å². The predicted molar refractivity (Wildman–Crippen MR) is 78.4 cm³/mol. The summed E-state index contributed by atoms with van der Waals surface area (Å²) in [7, 11) is 0. The van der Waals surface area contributed by atoms with Crippen LogP contribution in [-0.4, -0.2) is 30.1 Å². The Morgan fingerprint density at radius 1 is 1.05 bits per heavy atom. The third-order valence-corrected chi connectivity index (χ3v) is 2.94. The van der Waals surface area contributed by atoms with Gasteiger partial charge in [-0.15, -0.1) is 0 Å². The van der Waals surface area contributed by atoms with Crippen molar-refractivity contribution < 1.29 is 19.1 Å². The fourth-order valence-electron chi connectivity index (χ4n) is 2.00. The van der Waals surface area contributed by atoms with Crippen molar-refractivity contribution in [2.45, 2.75) is 20.8 Å². The van der Waals surface area contributed by atoms with Crippen LogP contribution in [0.4, 0.5) is 0 Å². The third-order valence-electron chi connectivity index (χ3n) is 2.94. The second-order valence-electron chi connectivity index (χ2n) is 4.52. The highest BCUT2D eigenvalue weighted by molar-refractivity contribution is 6.04. The summed E-state index contributed by atoms with van der Waals surface area (Å²) in [6.45, 7) is 5.79. The number of rotatable bonds is 4. The zero-order valence-electron chi connectivity index (χ0n) is 12.3. The molecule has 2 rings (SSSR count). The Kier molecular flexibility index (Phi) is 4.52. The summed E-state index contributed by atoms with van der Waals surface area (Å²) >= 11 is 0. The molecule has 0 fully saturated rings. The highest BCUT2D eigenvalue weighted by Gasteiger charge is 2.22. The first-order valence-electron chi connectivity index (χ1n) is 6.82. The van der Waals surface area contributed by atoms with Gasteiger partial charge in [0.05, 0.1) is 24.3 Å². The van der Waals surface area contributed by atoms with Crippen molar-refractivity contribution in [3.05, 3.63) is 41.1 Å². The van der Waals surface area contributed by atoms with Gasteiger partial charge in [-0.05, 0) is 38.5 Å². The van der Waals surface area contributed by atoms with Crippen LogP contribution < -0.4 is 0 Å². The average molecular weight is 287 g/mol. The Bertz CT molecular complexity index is 694. The van der Waals surface area contributed by atoms with E-state index in [-0.39, 0.29) is 24.5 Å². The van der Waals surface area contributed by atoms with Gasteiger partial charge in [0.1, 0.15) is 0 Å². The Morgan fingerprint density at radius 3 is 2.38 bits per heavy atom. The molecular formula is C16H17NO4. The molecule has 0 unspecified atom stereocenters. The number of aromatic nitrogens is 1. The van der Waals surface area contributed by atoms with Crippen molar-refractivity contribution in [2.75, 3.05) is 13.2 Å². The zero-order valence-corrected chi connectivity index (χ0v) is 12.3. The first-order chi connectivity index (χ1) is 10.1. The SMILES string of the molecule is CCOC(=O)c1cc2ccc(C)cc2nc1C(=O)OCC. The number of hydrogen-bond acceptors (Lipinski definition) is 5. The first kappa shape index (κ1) is 15.0. The van der Waals surface area contributed by atoms with Crippen LogP contribution in [0.5, 0.6) is 0 Å². The minimum absolute atomic E-state index is 0.00611. The normalized spacial score (nSPS) is 10.4. The number of carbonyl (C=O) groups is 2. The molecule has 1 aromatic heterocycles. The molecular weight excluding hydrogens is 270 g/mol. The van der Waals surface area contributed by atoms with Gasteiger partial charge in [0, 0.05) is 5.39 Å². The fraction of sp³-hybridized carbons (Fsp3) is 0.312. The number of esters is 2. The van der Waals surface area contributed by atoms with E-state index in [1.165, 1.54) is 0 Å². The molecule has 21 heavy (non-hydrogen) atoms. The van der Waals surface area contributed by atoms with Crippen molar-refractivity contribution in [2.24, 2.45) is 0 Å². The molecule has 0 spiro atoms. The molecule has 0 saturated heterocycles. The second kappa shape index (κ2) is 6.35. The zero-order chi connectivity index (χ0) is 15.4. The lowest BCUT2D eigenvalue weighted by Crippen LogP contribution is -2.16. The molecule has 1 heterocycles. The van der Waals surface area contributed by atoms with E-state index in [4.69, 9.17) is 9.47 Å². The van der Waals surface area contributed by atoms with E-state index in [0.717, 1.165) is 10.9 Å². The smallest absolute Gasteiger partial charge is 0.357 e. The lowest BCUT2D eigenvalue weighted by atomic mass is 10.1. The number of aryl methyl sites for hydroxylation is 1. The number of carbonyl (C=O) groups excluding carboxylic acids is 2. The largest absolute Gasteiger partial charge is 0.462 e. The van der Waals surface area contributed by atoms with Gasteiger partial charge in [-0.25, -0.2) is 14.6 Å². The van der Waals surface area contributed by atoms with Crippen LogP contribution in [0.25, 0.3) is 10.9 Å². The van der Waals surface area contributed by atoms with Crippen LogP contribution in [0.15, 0.2) is 24.3 Å². The number of pyridine rings is 1. The van der Waals surface area contributed by atoms with Crippen LogP contribution in [0.2, 0.25) is 0 Å². The van der Waals surface area contributed by atoms with Gasteiger partial charge >= 0.3 is 11.9 Å². The van der Waals surface area contributed by atoms with Gasteiger partial charge in [0.2, 0.25) is 0 Å². The van der Waals surface area contributed by atoms with E-state index in [9.17, 15) is 9.59 Å². The van der Waals surface area contributed by atoms with Gasteiger partial charge in [-0.3, -0.25) is 0 Å². The van der Waals surface area contributed by atoms with Crippen LogP contribution in [0.3, 0.4) is 0 Å².